The molecular weight excluding hydrogens is 275 g/mol. The van der Waals surface area contributed by atoms with E-state index in [4.69, 9.17) is 4.74 Å². The molecule has 21 heavy (non-hydrogen) atoms. The Bertz CT molecular complexity index is 527. The van der Waals surface area contributed by atoms with E-state index in [1.807, 2.05) is 0 Å². The van der Waals surface area contributed by atoms with Crippen molar-refractivity contribution in [3.8, 4) is 5.75 Å². The maximum atomic E-state index is 13.1. The summed E-state index contributed by atoms with van der Waals surface area (Å²) in [4.78, 5) is 26.9. The normalized spacial score (nSPS) is 16.5. The highest BCUT2D eigenvalue weighted by atomic mass is 19.1. The summed E-state index contributed by atoms with van der Waals surface area (Å²) in [7, 11) is 0. The SMILES string of the molecule is CC(=O)N1CCN(C(=O)C(C)Oc2cccc(F)c2)CC1. The van der Waals surface area contributed by atoms with E-state index in [1.165, 1.54) is 25.1 Å². The van der Waals surface area contributed by atoms with Gasteiger partial charge in [0.2, 0.25) is 5.91 Å². The van der Waals surface area contributed by atoms with E-state index in [-0.39, 0.29) is 11.8 Å². The van der Waals surface area contributed by atoms with Crippen LogP contribution >= 0.6 is 0 Å². The van der Waals surface area contributed by atoms with Gasteiger partial charge in [-0.1, -0.05) is 6.07 Å². The van der Waals surface area contributed by atoms with E-state index in [0.717, 1.165) is 0 Å². The number of hydrogen-bond donors (Lipinski definition) is 0. The summed E-state index contributed by atoms with van der Waals surface area (Å²) in [5.41, 5.74) is 0. The minimum absolute atomic E-state index is 0.0196. The summed E-state index contributed by atoms with van der Waals surface area (Å²) >= 11 is 0. The van der Waals surface area contributed by atoms with Crippen molar-refractivity contribution in [2.24, 2.45) is 0 Å². The van der Waals surface area contributed by atoms with Crippen molar-refractivity contribution in [1.29, 1.82) is 0 Å². The molecule has 6 heteroatoms. The second-order valence-corrected chi connectivity index (χ2v) is 5.05. The zero-order valence-electron chi connectivity index (χ0n) is 12.2. The fourth-order valence-corrected chi connectivity index (χ4v) is 2.29. The van der Waals surface area contributed by atoms with Gasteiger partial charge in [-0.2, -0.15) is 0 Å². The fraction of sp³-hybridized carbons (Fsp3) is 0.467. The molecule has 1 aliphatic rings. The number of carbonyl (C=O) groups is 2. The zero-order valence-corrected chi connectivity index (χ0v) is 12.2. The lowest BCUT2D eigenvalue weighted by Gasteiger charge is -2.35. The molecule has 1 aromatic rings. The third-order valence-electron chi connectivity index (χ3n) is 3.49. The molecule has 1 saturated heterocycles. The summed E-state index contributed by atoms with van der Waals surface area (Å²) in [6.07, 6.45) is -0.685. The van der Waals surface area contributed by atoms with Crippen molar-refractivity contribution >= 4 is 11.8 Å². The second-order valence-electron chi connectivity index (χ2n) is 5.05. The highest BCUT2D eigenvalue weighted by Gasteiger charge is 2.26. The van der Waals surface area contributed by atoms with Gasteiger partial charge in [0.1, 0.15) is 11.6 Å². The van der Waals surface area contributed by atoms with Crippen LogP contribution in [-0.2, 0) is 9.59 Å². The van der Waals surface area contributed by atoms with Crippen molar-refractivity contribution in [3.05, 3.63) is 30.1 Å². The number of carbonyl (C=O) groups excluding carboxylic acids is 2. The van der Waals surface area contributed by atoms with Gasteiger partial charge in [-0.25, -0.2) is 4.39 Å². The first kappa shape index (κ1) is 15.3. The summed E-state index contributed by atoms with van der Waals surface area (Å²) < 4.78 is 18.6. The Balaban J connectivity index is 1.90. The van der Waals surface area contributed by atoms with Crippen molar-refractivity contribution in [3.63, 3.8) is 0 Å². The number of nitrogens with zero attached hydrogens (tertiary/aromatic N) is 2. The Morgan fingerprint density at radius 2 is 1.81 bits per heavy atom. The van der Waals surface area contributed by atoms with Gasteiger partial charge in [0, 0.05) is 39.2 Å². The van der Waals surface area contributed by atoms with E-state index in [2.05, 4.69) is 0 Å². The molecule has 2 rings (SSSR count). The van der Waals surface area contributed by atoms with Crippen LogP contribution in [0.15, 0.2) is 24.3 Å². The smallest absolute Gasteiger partial charge is 0.263 e. The molecule has 0 bridgehead atoms. The maximum Gasteiger partial charge on any atom is 0.263 e. The number of rotatable bonds is 3. The molecule has 1 fully saturated rings. The molecule has 0 saturated carbocycles. The predicted octanol–water partition coefficient (Wildman–Crippen LogP) is 1.28. The molecule has 1 aromatic carbocycles. The number of halogens is 1. The number of ether oxygens (including phenoxy) is 1. The van der Waals surface area contributed by atoms with Gasteiger partial charge >= 0.3 is 0 Å². The van der Waals surface area contributed by atoms with Crippen LogP contribution in [0.3, 0.4) is 0 Å². The van der Waals surface area contributed by atoms with Crippen LogP contribution in [0.1, 0.15) is 13.8 Å². The van der Waals surface area contributed by atoms with Crippen LogP contribution < -0.4 is 4.74 Å². The number of benzene rings is 1. The quantitative estimate of drug-likeness (QED) is 0.844. The van der Waals surface area contributed by atoms with Crippen molar-refractivity contribution in [2.45, 2.75) is 20.0 Å². The van der Waals surface area contributed by atoms with Gasteiger partial charge in [0.15, 0.2) is 6.10 Å². The summed E-state index contributed by atoms with van der Waals surface area (Å²) in [5, 5.41) is 0. The summed E-state index contributed by atoms with van der Waals surface area (Å²) in [6, 6.07) is 5.71. The average Bonchev–Trinajstić information content (AvgIpc) is 2.46. The Morgan fingerprint density at radius 3 is 2.38 bits per heavy atom. The largest absolute Gasteiger partial charge is 0.481 e. The first-order chi connectivity index (χ1) is 9.97. The van der Waals surface area contributed by atoms with Gasteiger partial charge in [-0.15, -0.1) is 0 Å². The molecule has 0 N–H and O–H groups in total. The van der Waals surface area contributed by atoms with E-state index in [0.29, 0.717) is 31.9 Å². The highest BCUT2D eigenvalue weighted by molar-refractivity contribution is 5.81. The van der Waals surface area contributed by atoms with E-state index >= 15 is 0 Å². The van der Waals surface area contributed by atoms with Gasteiger partial charge < -0.3 is 14.5 Å². The van der Waals surface area contributed by atoms with E-state index < -0.39 is 11.9 Å². The molecular formula is C15H19FN2O3. The lowest BCUT2D eigenvalue weighted by atomic mass is 10.2. The molecule has 1 heterocycles. The molecule has 1 atom stereocenters. The lowest BCUT2D eigenvalue weighted by Crippen LogP contribution is -2.52. The molecule has 0 aliphatic carbocycles. The molecule has 1 aliphatic heterocycles. The molecule has 1 unspecified atom stereocenters. The summed E-state index contributed by atoms with van der Waals surface area (Å²) in [6.45, 7) is 5.23. The number of hydrogen-bond acceptors (Lipinski definition) is 3. The molecule has 5 nitrogen and oxygen atoms in total. The van der Waals surface area contributed by atoms with E-state index in [1.54, 1.807) is 22.8 Å². The molecule has 0 spiro atoms. The van der Waals surface area contributed by atoms with Gasteiger partial charge in [-0.3, -0.25) is 9.59 Å². The van der Waals surface area contributed by atoms with Crippen LogP contribution in [0.25, 0.3) is 0 Å². The van der Waals surface area contributed by atoms with Crippen LogP contribution in [0.4, 0.5) is 4.39 Å². The van der Waals surface area contributed by atoms with Crippen molar-refractivity contribution in [1.82, 2.24) is 9.80 Å². The Labute approximate surface area is 123 Å². The van der Waals surface area contributed by atoms with Gasteiger partial charge in [0.25, 0.3) is 5.91 Å². The van der Waals surface area contributed by atoms with Gasteiger partial charge in [-0.05, 0) is 19.1 Å². The number of amides is 2. The topological polar surface area (TPSA) is 49.9 Å². The zero-order chi connectivity index (χ0) is 15.4. The third-order valence-corrected chi connectivity index (χ3v) is 3.49. The van der Waals surface area contributed by atoms with Crippen molar-refractivity contribution < 1.29 is 18.7 Å². The Hall–Kier alpha value is -2.11. The van der Waals surface area contributed by atoms with Crippen LogP contribution in [0.2, 0.25) is 0 Å². The van der Waals surface area contributed by atoms with E-state index in [9.17, 15) is 14.0 Å². The molecule has 0 aromatic heterocycles. The van der Waals surface area contributed by atoms with Crippen molar-refractivity contribution in [2.75, 3.05) is 26.2 Å². The first-order valence-electron chi connectivity index (χ1n) is 6.94. The fourth-order valence-electron chi connectivity index (χ4n) is 2.29. The predicted molar refractivity (Wildman–Crippen MR) is 75.3 cm³/mol. The summed E-state index contributed by atoms with van der Waals surface area (Å²) in [5.74, 6) is -0.200. The lowest BCUT2D eigenvalue weighted by molar-refractivity contribution is -0.143. The first-order valence-corrected chi connectivity index (χ1v) is 6.94. The number of piperazine rings is 1. The second kappa shape index (κ2) is 6.56. The Kier molecular flexibility index (Phi) is 4.77. The highest BCUT2D eigenvalue weighted by Crippen LogP contribution is 2.15. The average molecular weight is 294 g/mol. The van der Waals surface area contributed by atoms with Gasteiger partial charge in [0.05, 0.1) is 0 Å². The minimum Gasteiger partial charge on any atom is -0.481 e. The maximum absolute atomic E-state index is 13.1. The molecule has 0 radical (unpaired) electrons. The molecule has 2 amide bonds. The standard InChI is InChI=1S/C15H19FN2O3/c1-11(21-14-5-3-4-13(16)10-14)15(20)18-8-6-17(7-9-18)12(2)19/h3-5,10-11H,6-9H2,1-2H3. The minimum atomic E-state index is -0.685. The van der Waals surface area contributed by atoms with Crippen LogP contribution in [0.5, 0.6) is 5.75 Å². The monoisotopic (exact) mass is 294 g/mol. The van der Waals surface area contributed by atoms with Crippen LogP contribution in [-0.4, -0.2) is 53.9 Å². The Morgan fingerprint density at radius 1 is 1.19 bits per heavy atom. The third kappa shape index (κ3) is 3.93. The molecule has 114 valence electrons. The van der Waals surface area contributed by atoms with Crippen LogP contribution in [0, 0.1) is 5.82 Å².